The van der Waals surface area contributed by atoms with Gasteiger partial charge in [0.1, 0.15) is 0 Å². The van der Waals surface area contributed by atoms with Gasteiger partial charge in [-0.1, -0.05) is 36.6 Å². The van der Waals surface area contributed by atoms with E-state index in [2.05, 4.69) is 32.9 Å². The third-order valence-corrected chi connectivity index (χ3v) is 5.94. The van der Waals surface area contributed by atoms with Crippen molar-refractivity contribution >= 4 is 11.9 Å². The summed E-state index contributed by atoms with van der Waals surface area (Å²) in [6.45, 7) is 8.03. The van der Waals surface area contributed by atoms with Gasteiger partial charge in [0.2, 0.25) is 12.1 Å². The Balaban J connectivity index is 1.62. The molecule has 0 spiro atoms. The van der Waals surface area contributed by atoms with Crippen molar-refractivity contribution in [2.24, 2.45) is 5.92 Å². The fraction of sp³-hybridized carbons (Fsp3) is 0.615. The molecule has 178 valence electrons. The van der Waals surface area contributed by atoms with Crippen LogP contribution < -0.4 is 0 Å². The maximum absolute atomic E-state index is 11.7. The van der Waals surface area contributed by atoms with Gasteiger partial charge >= 0.3 is 11.9 Å². The van der Waals surface area contributed by atoms with Gasteiger partial charge in [-0.25, -0.2) is 9.59 Å². The van der Waals surface area contributed by atoms with Gasteiger partial charge in [0.05, 0.1) is 0 Å². The lowest BCUT2D eigenvalue weighted by Crippen LogP contribution is -2.30. The molecule has 2 aliphatic rings. The maximum Gasteiger partial charge on any atom is 0.336 e. The highest BCUT2D eigenvalue weighted by Gasteiger charge is 2.37. The predicted molar refractivity (Wildman–Crippen MR) is 123 cm³/mol. The third-order valence-electron chi connectivity index (χ3n) is 5.94. The van der Waals surface area contributed by atoms with Crippen molar-refractivity contribution in [2.75, 3.05) is 7.11 Å². The molecule has 0 radical (unpaired) electrons. The van der Waals surface area contributed by atoms with Crippen LogP contribution in [0.4, 0.5) is 0 Å². The largest absolute Gasteiger partial charge is 0.429 e. The number of methoxy groups -OCH3 is 1. The number of ether oxygens (including phenoxy) is 3. The summed E-state index contributed by atoms with van der Waals surface area (Å²) in [5, 5.41) is 10.4. The van der Waals surface area contributed by atoms with E-state index in [0.717, 1.165) is 38.5 Å². The Morgan fingerprint density at radius 1 is 1.19 bits per heavy atom. The van der Waals surface area contributed by atoms with E-state index < -0.39 is 18.0 Å². The standard InChI is InChI=1S/C26H38O6/c1-18(11-7-13-20(3)16-26(29)17-21(4)24(27)32-26)9-6-10-19(2)12-8-14-22-15-23(30-5)31-25(22)28/h9,12,15,17,20,23,29H,6-8,10-11,13-14,16H2,1-5H3. The highest BCUT2D eigenvalue weighted by Crippen LogP contribution is 2.30. The monoisotopic (exact) mass is 446 g/mol. The average Bonchev–Trinajstić information content (AvgIpc) is 3.19. The Kier molecular flexibility index (Phi) is 9.91. The summed E-state index contributed by atoms with van der Waals surface area (Å²) in [6, 6.07) is 0. The van der Waals surface area contributed by atoms with E-state index in [9.17, 15) is 14.7 Å². The Labute approximate surface area is 192 Å². The van der Waals surface area contributed by atoms with Crippen LogP contribution in [-0.2, 0) is 23.8 Å². The van der Waals surface area contributed by atoms with Crippen molar-refractivity contribution in [1.29, 1.82) is 0 Å². The normalized spacial score (nSPS) is 24.9. The quantitative estimate of drug-likeness (QED) is 0.306. The molecule has 32 heavy (non-hydrogen) atoms. The predicted octanol–water partition coefficient (Wildman–Crippen LogP) is 5.28. The van der Waals surface area contributed by atoms with Crippen molar-refractivity contribution in [3.05, 3.63) is 46.6 Å². The summed E-state index contributed by atoms with van der Waals surface area (Å²) < 4.78 is 15.2. The van der Waals surface area contributed by atoms with Crippen LogP contribution in [0.2, 0.25) is 0 Å². The molecule has 0 aromatic carbocycles. The summed E-state index contributed by atoms with van der Waals surface area (Å²) in [4.78, 5) is 23.2. The number of allylic oxidation sites excluding steroid dienone is 4. The fourth-order valence-corrected chi connectivity index (χ4v) is 4.07. The molecule has 2 aliphatic heterocycles. The molecule has 0 amide bonds. The first-order valence-electron chi connectivity index (χ1n) is 11.5. The Morgan fingerprint density at radius 2 is 1.88 bits per heavy atom. The number of rotatable bonds is 13. The zero-order chi connectivity index (χ0) is 23.7. The van der Waals surface area contributed by atoms with Crippen LogP contribution >= 0.6 is 0 Å². The van der Waals surface area contributed by atoms with Gasteiger partial charge in [0.25, 0.3) is 0 Å². The zero-order valence-corrected chi connectivity index (χ0v) is 20.1. The van der Waals surface area contributed by atoms with Gasteiger partial charge in [-0.3, -0.25) is 0 Å². The fourth-order valence-electron chi connectivity index (χ4n) is 4.07. The van der Waals surface area contributed by atoms with Crippen molar-refractivity contribution in [3.63, 3.8) is 0 Å². The molecule has 0 saturated carbocycles. The average molecular weight is 447 g/mol. The van der Waals surface area contributed by atoms with Gasteiger partial charge in [-0.05, 0) is 77.4 Å². The SMILES string of the molecule is COC1C=C(CCC=C(C)CCC=C(C)CCCC(C)CC2(O)C=C(C)C(=O)O2)C(=O)O1. The number of hydrogen-bond donors (Lipinski definition) is 1. The van der Waals surface area contributed by atoms with Crippen LogP contribution in [-0.4, -0.2) is 36.2 Å². The zero-order valence-electron chi connectivity index (χ0n) is 20.1. The molecule has 3 atom stereocenters. The second kappa shape index (κ2) is 12.2. The minimum Gasteiger partial charge on any atom is -0.429 e. The van der Waals surface area contributed by atoms with Crippen LogP contribution in [0.25, 0.3) is 0 Å². The molecule has 0 fully saturated rings. The van der Waals surface area contributed by atoms with Crippen molar-refractivity contribution < 1.29 is 28.9 Å². The molecule has 0 aliphatic carbocycles. The number of hydrogen-bond acceptors (Lipinski definition) is 6. The first-order valence-corrected chi connectivity index (χ1v) is 11.5. The minimum absolute atomic E-state index is 0.263. The summed E-state index contributed by atoms with van der Waals surface area (Å²) in [5.41, 5.74) is 3.85. The molecule has 1 N–H and O–H groups in total. The molecule has 6 nitrogen and oxygen atoms in total. The summed E-state index contributed by atoms with van der Waals surface area (Å²) in [7, 11) is 1.52. The highest BCUT2D eigenvalue weighted by atomic mass is 16.7. The first kappa shape index (κ1) is 26.1. The molecule has 3 unspecified atom stereocenters. The lowest BCUT2D eigenvalue weighted by atomic mass is 9.94. The van der Waals surface area contributed by atoms with E-state index in [1.807, 2.05) is 0 Å². The molecule has 0 bridgehead atoms. The molecule has 0 aromatic rings. The summed E-state index contributed by atoms with van der Waals surface area (Å²) >= 11 is 0. The van der Waals surface area contributed by atoms with E-state index in [-0.39, 0.29) is 11.9 Å². The molecule has 0 aromatic heterocycles. The first-order chi connectivity index (χ1) is 15.1. The van der Waals surface area contributed by atoms with Crippen molar-refractivity contribution in [2.45, 2.75) is 91.1 Å². The number of aliphatic hydroxyl groups is 1. The lowest BCUT2D eigenvalue weighted by Gasteiger charge is -2.23. The Morgan fingerprint density at radius 3 is 2.50 bits per heavy atom. The molecule has 0 saturated heterocycles. The van der Waals surface area contributed by atoms with E-state index in [4.69, 9.17) is 14.2 Å². The Hall–Kier alpha value is -2.18. The van der Waals surface area contributed by atoms with Gasteiger partial charge in [-0.2, -0.15) is 0 Å². The van der Waals surface area contributed by atoms with Crippen LogP contribution in [0.3, 0.4) is 0 Å². The van der Waals surface area contributed by atoms with Crippen LogP contribution in [0, 0.1) is 5.92 Å². The highest BCUT2D eigenvalue weighted by molar-refractivity contribution is 5.91. The second-order valence-electron chi connectivity index (χ2n) is 9.14. The van der Waals surface area contributed by atoms with Crippen LogP contribution in [0.1, 0.15) is 79.1 Å². The molecular weight excluding hydrogens is 408 g/mol. The molecule has 2 rings (SSSR count). The number of carbonyl (C=O) groups is 2. The van der Waals surface area contributed by atoms with Crippen LogP contribution in [0.15, 0.2) is 46.6 Å². The molecule has 6 heteroatoms. The van der Waals surface area contributed by atoms with Gasteiger partial charge in [0, 0.05) is 24.7 Å². The van der Waals surface area contributed by atoms with E-state index in [1.54, 1.807) is 13.0 Å². The Bertz CT molecular complexity index is 803. The van der Waals surface area contributed by atoms with Crippen molar-refractivity contribution in [3.8, 4) is 0 Å². The smallest absolute Gasteiger partial charge is 0.336 e. The number of cyclic esters (lactones) is 2. The topological polar surface area (TPSA) is 82.1 Å². The summed E-state index contributed by atoms with van der Waals surface area (Å²) in [6.07, 6.45) is 14.2. The van der Waals surface area contributed by atoms with Crippen LogP contribution in [0.5, 0.6) is 0 Å². The van der Waals surface area contributed by atoms with E-state index in [1.165, 1.54) is 24.3 Å². The van der Waals surface area contributed by atoms with Gasteiger partial charge < -0.3 is 19.3 Å². The van der Waals surface area contributed by atoms with E-state index >= 15 is 0 Å². The van der Waals surface area contributed by atoms with Crippen molar-refractivity contribution in [1.82, 2.24) is 0 Å². The second-order valence-corrected chi connectivity index (χ2v) is 9.14. The summed E-state index contributed by atoms with van der Waals surface area (Å²) in [5.74, 6) is -1.88. The van der Waals surface area contributed by atoms with Gasteiger partial charge in [-0.15, -0.1) is 0 Å². The molecule has 2 heterocycles. The number of carbonyl (C=O) groups excluding carboxylic acids is 2. The number of esters is 2. The van der Waals surface area contributed by atoms with E-state index in [0.29, 0.717) is 24.0 Å². The minimum atomic E-state index is -1.44. The lowest BCUT2D eigenvalue weighted by molar-refractivity contribution is -0.183. The third kappa shape index (κ3) is 8.40. The van der Waals surface area contributed by atoms with Gasteiger partial charge in [0.15, 0.2) is 0 Å². The maximum atomic E-state index is 11.7. The molecular formula is C26H38O6.